The van der Waals surface area contributed by atoms with E-state index in [9.17, 15) is 10.2 Å². The van der Waals surface area contributed by atoms with Gasteiger partial charge in [-0.05, 0) is 13.3 Å². The Morgan fingerprint density at radius 2 is 1.92 bits per heavy atom. The Morgan fingerprint density at radius 1 is 1.31 bits per heavy atom. The molecule has 1 fully saturated rings. The summed E-state index contributed by atoms with van der Waals surface area (Å²) in [5.74, 6) is 0. The van der Waals surface area contributed by atoms with Crippen LogP contribution >= 0.6 is 0 Å². The molecule has 5 atom stereocenters. The number of aliphatic hydroxyl groups excluding tert-OH is 2. The molecule has 0 radical (unpaired) electrons. The lowest BCUT2D eigenvalue weighted by Crippen LogP contribution is -2.57. The first-order valence-corrected chi connectivity index (χ1v) is 4.66. The lowest BCUT2D eigenvalue weighted by Gasteiger charge is -2.40. The van der Waals surface area contributed by atoms with Gasteiger partial charge in [-0.25, -0.2) is 0 Å². The Hall–Kier alpha value is -0.160. The maximum absolute atomic E-state index is 9.65. The Morgan fingerprint density at radius 3 is 2.38 bits per heavy atom. The van der Waals surface area contributed by atoms with Gasteiger partial charge in [-0.15, -0.1) is 0 Å². The minimum atomic E-state index is -0.854. The van der Waals surface area contributed by atoms with Crippen molar-refractivity contribution >= 4 is 0 Å². The van der Waals surface area contributed by atoms with E-state index in [1.54, 1.807) is 6.92 Å². The first-order chi connectivity index (χ1) is 6.11. The van der Waals surface area contributed by atoms with Gasteiger partial charge in [-0.3, -0.25) is 0 Å². The highest BCUT2D eigenvalue weighted by Gasteiger charge is 2.41. The van der Waals surface area contributed by atoms with Crippen molar-refractivity contribution in [3.05, 3.63) is 0 Å². The summed E-state index contributed by atoms with van der Waals surface area (Å²) >= 11 is 0. The van der Waals surface area contributed by atoms with Crippen LogP contribution in [-0.4, -0.2) is 47.8 Å². The van der Waals surface area contributed by atoms with Crippen LogP contribution in [0.3, 0.4) is 0 Å². The van der Waals surface area contributed by atoms with Gasteiger partial charge in [0.05, 0.1) is 12.2 Å². The highest BCUT2D eigenvalue weighted by molar-refractivity contribution is 4.90. The van der Waals surface area contributed by atoms with Crippen LogP contribution in [0.1, 0.15) is 20.3 Å². The summed E-state index contributed by atoms with van der Waals surface area (Å²) < 4.78 is 10.6. The molecule has 78 valence electrons. The predicted octanol–water partition coefficient (Wildman–Crippen LogP) is -0.0795. The monoisotopic (exact) mass is 190 g/mol. The van der Waals surface area contributed by atoms with Crippen molar-refractivity contribution in [2.75, 3.05) is 7.11 Å². The Kier molecular flexibility index (Phi) is 3.67. The summed E-state index contributed by atoms with van der Waals surface area (Å²) in [5.41, 5.74) is 0. The van der Waals surface area contributed by atoms with Crippen LogP contribution in [0.15, 0.2) is 0 Å². The highest BCUT2D eigenvalue weighted by atomic mass is 16.6. The minimum Gasteiger partial charge on any atom is -0.388 e. The number of aliphatic hydroxyl groups is 2. The van der Waals surface area contributed by atoms with Crippen molar-refractivity contribution in [2.24, 2.45) is 0 Å². The number of rotatable bonds is 2. The molecule has 2 N–H and O–H groups in total. The third-order valence-electron chi connectivity index (χ3n) is 2.60. The van der Waals surface area contributed by atoms with Crippen LogP contribution in [0, 0.1) is 0 Å². The minimum absolute atomic E-state index is 0.126. The third-order valence-corrected chi connectivity index (χ3v) is 2.60. The number of hydrogen-bond acceptors (Lipinski definition) is 4. The summed E-state index contributed by atoms with van der Waals surface area (Å²) in [7, 11) is 1.52. The molecule has 0 aromatic heterocycles. The molecule has 0 amide bonds. The standard InChI is InChI=1S/C9H18O4/c1-4-6-9(12-3)8(11)7(10)5(2)13-6/h5-11H,4H2,1-3H3. The van der Waals surface area contributed by atoms with E-state index in [1.165, 1.54) is 7.11 Å². The lowest BCUT2D eigenvalue weighted by atomic mass is 9.94. The maximum atomic E-state index is 9.65. The second-order valence-electron chi connectivity index (χ2n) is 3.47. The van der Waals surface area contributed by atoms with E-state index >= 15 is 0 Å². The molecule has 0 aromatic rings. The fourth-order valence-corrected chi connectivity index (χ4v) is 1.75. The normalized spacial score (nSPS) is 46.4. The highest BCUT2D eigenvalue weighted by Crippen LogP contribution is 2.24. The van der Waals surface area contributed by atoms with Gasteiger partial charge >= 0.3 is 0 Å². The quantitative estimate of drug-likeness (QED) is 0.639. The van der Waals surface area contributed by atoms with Crippen LogP contribution in [0.25, 0.3) is 0 Å². The van der Waals surface area contributed by atoms with E-state index in [1.807, 2.05) is 6.92 Å². The second-order valence-corrected chi connectivity index (χ2v) is 3.47. The molecule has 1 rings (SSSR count). The van der Waals surface area contributed by atoms with Gasteiger partial charge < -0.3 is 19.7 Å². The van der Waals surface area contributed by atoms with Crippen molar-refractivity contribution in [2.45, 2.75) is 50.8 Å². The maximum Gasteiger partial charge on any atom is 0.112 e. The largest absolute Gasteiger partial charge is 0.388 e. The second kappa shape index (κ2) is 4.37. The molecule has 0 bridgehead atoms. The van der Waals surface area contributed by atoms with Crippen LogP contribution in [-0.2, 0) is 9.47 Å². The molecule has 1 aliphatic heterocycles. The van der Waals surface area contributed by atoms with E-state index in [-0.39, 0.29) is 12.2 Å². The first-order valence-electron chi connectivity index (χ1n) is 4.66. The Labute approximate surface area is 78.5 Å². The Balaban J connectivity index is 2.69. The molecular formula is C9H18O4. The molecule has 1 saturated heterocycles. The van der Waals surface area contributed by atoms with Crippen LogP contribution in [0.4, 0.5) is 0 Å². The molecule has 1 heterocycles. The van der Waals surface area contributed by atoms with E-state index in [0.717, 1.165) is 6.42 Å². The molecular weight excluding hydrogens is 172 g/mol. The van der Waals surface area contributed by atoms with Gasteiger partial charge in [0.15, 0.2) is 0 Å². The van der Waals surface area contributed by atoms with Crippen LogP contribution in [0.5, 0.6) is 0 Å². The van der Waals surface area contributed by atoms with E-state index < -0.39 is 18.3 Å². The van der Waals surface area contributed by atoms with Crippen molar-refractivity contribution in [3.8, 4) is 0 Å². The molecule has 0 aliphatic carbocycles. The van der Waals surface area contributed by atoms with Crippen molar-refractivity contribution in [1.29, 1.82) is 0 Å². The summed E-state index contributed by atoms with van der Waals surface area (Å²) in [5, 5.41) is 19.2. The molecule has 0 aromatic carbocycles. The third kappa shape index (κ3) is 2.02. The lowest BCUT2D eigenvalue weighted by molar-refractivity contribution is -0.224. The van der Waals surface area contributed by atoms with E-state index in [2.05, 4.69) is 0 Å². The number of ether oxygens (including phenoxy) is 2. The fourth-order valence-electron chi connectivity index (χ4n) is 1.75. The van der Waals surface area contributed by atoms with Crippen LogP contribution < -0.4 is 0 Å². The van der Waals surface area contributed by atoms with Crippen molar-refractivity contribution in [1.82, 2.24) is 0 Å². The van der Waals surface area contributed by atoms with Crippen molar-refractivity contribution in [3.63, 3.8) is 0 Å². The summed E-state index contributed by atoms with van der Waals surface area (Å²) in [6, 6.07) is 0. The zero-order valence-corrected chi connectivity index (χ0v) is 8.30. The van der Waals surface area contributed by atoms with Gasteiger partial charge in [0.2, 0.25) is 0 Å². The SMILES string of the molecule is CCC1OC(C)C(O)C(O)C1OC. The van der Waals surface area contributed by atoms with E-state index in [4.69, 9.17) is 9.47 Å². The summed E-state index contributed by atoms with van der Waals surface area (Å²) in [6.07, 6.45) is -1.81. The molecule has 4 heteroatoms. The van der Waals surface area contributed by atoms with Crippen LogP contribution in [0.2, 0.25) is 0 Å². The predicted molar refractivity (Wildman–Crippen MR) is 47.4 cm³/mol. The summed E-state index contributed by atoms with van der Waals surface area (Å²) in [6.45, 7) is 3.72. The van der Waals surface area contributed by atoms with Gasteiger partial charge in [-0.1, -0.05) is 6.92 Å². The molecule has 5 unspecified atom stereocenters. The van der Waals surface area contributed by atoms with Gasteiger partial charge in [0.1, 0.15) is 18.3 Å². The van der Waals surface area contributed by atoms with Gasteiger partial charge in [-0.2, -0.15) is 0 Å². The zero-order valence-electron chi connectivity index (χ0n) is 8.30. The molecule has 0 saturated carbocycles. The smallest absolute Gasteiger partial charge is 0.112 e. The summed E-state index contributed by atoms with van der Waals surface area (Å²) in [4.78, 5) is 0. The zero-order chi connectivity index (χ0) is 10.0. The average Bonchev–Trinajstić information content (AvgIpc) is 2.13. The fraction of sp³-hybridized carbons (Fsp3) is 1.00. The topological polar surface area (TPSA) is 58.9 Å². The van der Waals surface area contributed by atoms with Gasteiger partial charge in [0.25, 0.3) is 0 Å². The number of methoxy groups -OCH3 is 1. The molecule has 1 aliphatic rings. The van der Waals surface area contributed by atoms with E-state index in [0.29, 0.717) is 0 Å². The molecule has 13 heavy (non-hydrogen) atoms. The average molecular weight is 190 g/mol. The Bertz CT molecular complexity index is 160. The first kappa shape index (κ1) is 10.9. The molecule has 0 spiro atoms. The molecule has 4 nitrogen and oxygen atoms in total. The number of hydrogen-bond donors (Lipinski definition) is 2. The van der Waals surface area contributed by atoms with Crippen molar-refractivity contribution < 1.29 is 19.7 Å². The van der Waals surface area contributed by atoms with Gasteiger partial charge in [0, 0.05) is 7.11 Å².